The maximum Gasteiger partial charge on any atom is 0.342 e. The summed E-state index contributed by atoms with van der Waals surface area (Å²) in [4.78, 5) is 23.2. The highest BCUT2D eigenvalue weighted by molar-refractivity contribution is 6.07. The van der Waals surface area contributed by atoms with E-state index in [9.17, 15) is 4.79 Å². The van der Waals surface area contributed by atoms with Gasteiger partial charge in [0.1, 0.15) is 11.1 Å². The lowest BCUT2D eigenvalue weighted by Crippen LogP contribution is -2.43. The van der Waals surface area contributed by atoms with Gasteiger partial charge >= 0.3 is 5.97 Å². The molecule has 0 aliphatic carbocycles. The highest BCUT2D eigenvalue weighted by Crippen LogP contribution is 2.39. The van der Waals surface area contributed by atoms with Crippen LogP contribution >= 0.6 is 0 Å². The van der Waals surface area contributed by atoms with E-state index in [1.807, 2.05) is 12.1 Å². The Morgan fingerprint density at radius 3 is 1.60 bits per heavy atom. The normalized spacial score (nSPS) is 15.2. The minimum Gasteiger partial charge on any atom is -0.491 e. The molecule has 298 valence electrons. The zero-order chi connectivity index (χ0) is 38.9. The van der Waals surface area contributed by atoms with Crippen molar-refractivity contribution in [3.63, 3.8) is 0 Å². The maximum atomic E-state index is 15.3. The van der Waals surface area contributed by atoms with E-state index < -0.39 is 17.6 Å². The SMILES string of the molecule is CCOc1cc(CN(c2nc3c(C(=O)OC)c(N(Cc4cc(OCC)c(F)c(OCC)c4)C4CCNCC4)ccc3o2)C2CCNCC2)cc(OCC)c1F. The number of carbonyl (C=O) groups is 1. The van der Waals surface area contributed by atoms with Gasteiger partial charge in [-0.05, 0) is 127 Å². The summed E-state index contributed by atoms with van der Waals surface area (Å²) >= 11 is 0. The van der Waals surface area contributed by atoms with Crippen molar-refractivity contribution in [1.82, 2.24) is 15.6 Å². The number of esters is 1. The van der Waals surface area contributed by atoms with Crippen LogP contribution in [0.2, 0.25) is 0 Å². The van der Waals surface area contributed by atoms with E-state index in [0.29, 0.717) is 62.3 Å². The van der Waals surface area contributed by atoms with Crippen LogP contribution in [-0.4, -0.2) is 82.8 Å². The summed E-state index contributed by atoms with van der Waals surface area (Å²) in [6.45, 7) is 12.3. The Bertz CT molecular complexity index is 1860. The molecule has 0 amide bonds. The van der Waals surface area contributed by atoms with Crippen molar-refractivity contribution in [2.45, 2.75) is 78.6 Å². The Hall–Kier alpha value is -4.82. The summed E-state index contributed by atoms with van der Waals surface area (Å²) in [6, 6.07) is 10.9. The molecule has 0 spiro atoms. The molecule has 0 atom stereocenters. The molecule has 2 fully saturated rings. The third-order valence-corrected chi connectivity index (χ3v) is 10.0. The van der Waals surface area contributed by atoms with Gasteiger partial charge < -0.3 is 48.5 Å². The van der Waals surface area contributed by atoms with E-state index in [1.54, 1.807) is 52.0 Å². The molecular weight excluding hydrogens is 712 g/mol. The second-order valence-electron chi connectivity index (χ2n) is 13.6. The summed E-state index contributed by atoms with van der Waals surface area (Å²) in [5.41, 5.74) is 3.21. The topological polar surface area (TPSA) is 120 Å². The summed E-state index contributed by atoms with van der Waals surface area (Å²) in [6.07, 6.45) is 3.27. The van der Waals surface area contributed by atoms with Crippen LogP contribution in [-0.2, 0) is 17.8 Å². The van der Waals surface area contributed by atoms with Crippen LogP contribution in [0.1, 0.15) is 74.9 Å². The molecule has 14 heteroatoms. The number of halogens is 2. The average Bonchev–Trinajstić information content (AvgIpc) is 3.64. The van der Waals surface area contributed by atoms with Crippen LogP contribution < -0.4 is 39.4 Å². The standard InChI is InChI=1S/C41H53F2N5O7/c1-6-51-32-20-26(21-33(37(32)42)52-7-2)24-47(28-12-16-44-17-13-28)30-10-11-31-39(36(30)40(49)50-5)46-41(55-31)48(29-14-18-45-19-15-29)25-27-22-34(53-8-3)38(43)35(23-27)54-9-4/h10-11,20-23,28-29,44-45H,6-9,12-19,24-25H2,1-5H3. The van der Waals surface area contributed by atoms with Gasteiger partial charge in [-0.25, -0.2) is 4.79 Å². The minimum absolute atomic E-state index is 0.0356. The molecule has 2 saturated heterocycles. The quantitative estimate of drug-likeness (QED) is 0.108. The number of piperidine rings is 2. The molecule has 0 bridgehead atoms. The van der Waals surface area contributed by atoms with E-state index in [-0.39, 0.29) is 40.6 Å². The highest BCUT2D eigenvalue weighted by Gasteiger charge is 2.32. The van der Waals surface area contributed by atoms with Crippen molar-refractivity contribution in [1.29, 1.82) is 0 Å². The first kappa shape index (κ1) is 39.9. The fourth-order valence-electron chi connectivity index (χ4n) is 7.51. The fraction of sp³-hybridized carbons (Fsp3) is 0.512. The molecule has 0 saturated carbocycles. The van der Waals surface area contributed by atoms with Crippen LogP contribution in [0, 0.1) is 11.6 Å². The molecule has 0 radical (unpaired) electrons. The second-order valence-corrected chi connectivity index (χ2v) is 13.6. The number of oxazole rings is 1. The number of anilines is 2. The van der Waals surface area contributed by atoms with Crippen LogP contribution in [0.15, 0.2) is 40.8 Å². The van der Waals surface area contributed by atoms with Gasteiger partial charge in [-0.15, -0.1) is 0 Å². The third kappa shape index (κ3) is 9.02. The van der Waals surface area contributed by atoms with Gasteiger partial charge in [-0.2, -0.15) is 13.8 Å². The first-order valence-electron chi connectivity index (χ1n) is 19.4. The Labute approximate surface area is 321 Å². The van der Waals surface area contributed by atoms with E-state index in [0.717, 1.165) is 63.0 Å². The Morgan fingerprint density at radius 1 is 0.727 bits per heavy atom. The maximum absolute atomic E-state index is 15.3. The molecule has 2 N–H and O–H groups in total. The second kappa shape index (κ2) is 18.7. The molecule has 55 heavy (non-hydrogen) atoms. The van der Waals surface area contributed by atoms with Crippen LogP contribution in [0.4, 0.5) is 20.5 Å². The number of ether oxygens (including phenoxy) is 5. The lowest BCUT2D eigenvalue weighted by atomic mass is 10.00. The van der Waals surface area contributed by atoms with E-state index in [2.05, 4.69) is 20.4 Å². The van der Waals surface area contributed by atoms with Gasteiger partial charge in [0.15, 0.2) is 28.6 Å². The lowest BCUT2D eigenvalue weighted by Gasteiger charge is -2.37. The Kier molecular flexibility index (Phi) is 13.5. The number of hydrogen-bond acceptors (Lipinski definition) is 12. The zero-order valence-electron chi connectivity index (χ0n) is 32.5. The molecule has 3 aromatic carbocycles. The van der Waals surface area contributed by atoms with Crippen molar-refractivity contribution >= 4 is 28.8 Å². The molecule has 12 nitrogen and oxygen atoms in total. The first-order valence-corrected chi connectivity index (χ1v) is 19.4. The number of methoxy groups -OCH3 is 1. The van der Waals surface area contributed by atoms with Gasteiger partial charge in [0, 0.05) is 25.2 Å². The van der Waals surface area contributed by atoms with Crippen molar-refractivity contribution in [2.75, 3.05) is 69.5 Å². The number of benzene rings is 3. The smallest absolute Gasteiger partial charge is 0.342 e. The molecule has 6 rings (SSSR count). The number of fused-ring (bicyclic) bond motifs is 1. The van der Waals surface area contributed by atoms with E-state index >= 15 is 8.78 Å². The number of hydrogen-bond donors (Lipinski definition) is 2. The van der Waals surface area contributed by atoms with Crippen molar-refractivity contribution < 1.29 is 41.7 Å². The van der Waals surface area contributed by atoms with Gasteiger partial charge in [0.25, 0.3) is 6.01 Å². The van der Waals surface area contributed by atoms with Gasteiger partial charge in [-0.1, -0.05) is 0 Å². The first-order chi connectivity index (χ1) is 26.8. The summed E-state index contributed by atoms with van der Waals surface area (Å²) in [5.74, 6) is -1.19. The average molecular weight is 766 g/mol. The molecule has 1 aromatic heterocycles. The molecule has 2 aliphatic rings. The van der Waals surface area contributed by atoms with Gasteiger partial charge in [0.05, 0.1) is 39.2 Å². The highest BCUT2D eigenvalue weighted by atomic mass is 19.1. The lowest BCUT2D eigenvalue weighted by molar-refractivity contribution is 0.0603. The molecular formula is C41H53F2N5O7. The summed E-state index contributed by atoms with van der Waals surface area (Å²) in [7, 11) is 1.35. The van der Waals surface area contributed by atoms with Crippen molar-refractivity contribution in [2.24, 2.45) is 0 Å². The van der Waals surface area contributed by atoms with Crippen molar-refractivity contribution in [3.8, 4) is 23.0 Å². The van der Waals surface area contributed by atoms with E-state index in [1.165, 1.54) is 7.11 Å². The summed E-state index contributed by atoms with van der Waals surface area (Å²) < 4.78 is 65.2. The van der Waals surface area contributed by atoms with Crippen molar-refractivity contribution in [3.05, 3.63) is 64.7 Å². The number of nitrogens with zero attached hydrogens (tertiary/aromatic N) is 3. The summed E-state index contributed by atoms with van der Waals surface area (Å²) in [5, 5.41) is 6.85. The molecule has 2 aliphatic heterocycles. The predicted molar refractivity (Wildman–Crippen MR) is 207 cm³/mol. The number of aromatic nitrogens is 1. The fourth-order valence-corrected chi connectivity index (χ4v) is 7.51. The van der Waals surface area contributed by atoms with Gasteiger partial charge in [0.2, 0.25) is 11.6 Å². The van der Waals surface area contributed by atoms with Gasteiger partial charge in [-0.3, -0.25) is 0 Å². The Balaban J connectivity index is 1.46. The number of rotatable bonds is 17. The minimum atomic E-state index is -0.557. The number of nitrogens with one attached hydrogen (secondary N) is 2. The molecule has 0 unspecified atom stereocenters. The van der Waals surface area contributed by atoms with Crippen LogP contribution in [0.25, 0.3) is 11.1 Å². The monoisotopic (exact) mass is 765 g/mol. The number of carbonyl (C=O) groups excluding carboxylic acids is 1. The predicted octanol–water partition coefficient (Wildman–Crippen LogP) is 7.00. The molecule has 3 heterocycles. The zero-order valence-corrected chi connectivity index (χ0v) is 32.5. The molecule has 4 aromatic rings. The van der Waals surface area contributed by atoms with Crippen LogP contribution in [0.3, 0.4) is 0 Å². The van der Waals surface area contributed by atoms with Crippen LogP contribution in [0.5, 0.6) is 23.0 Å². The largest absolute Gasteiger partial charge is 0.491 e. The Morgan fingerprint density at radius 2 is 1.16 bits per heavy atom. The van der Waals surface area contributed by atoms with E-state index in [4.69, 9.17) is 33.1 Å². The third-order valence-electron chi connectivity index (χ3n) is 10.0.